The molecule has 1 fully saturated rings. The zero-order chi connectivity index (χ0) is 28.3. The number of nitrogens with zero attached hydrogens (tertiary/aromatic N) is 2. The molecule has 0 atom stereocenters. The smallest absolute Gasteiger partial charge is 0.507 e. The number of carbonyl (C=O) groups excluding carboxylic acids is 2. The number of hydrogen-bond acceptors (Lipinski definition) is 5. The Labute approximate surface area is 227 Å². The molecule has 3 N–H and O–H groups in total. The van der Waals surface area contributed by atoms with Gasteiger partial charge in [0, 0.05) is 29.3 Å². The van der Waals surface area contributed by atoms with Crippen LogP contribution >= 0.6 is 0 Å². The lowest BCUT2D eigenvalue weighted by Crippen LogP contribution is -2.31. The maximum Gasteiger partial charge on any atom is 0.573 e. The number of nitrogens with one attached hydrogen (secondary N) is 2. The minimum atomic E-state index is -4.83. The van der Waals surface area contributed by atoms with Crippen molar-refractivity contribution in [2.24, 2.45) is 0 Å². The van der Waals surface area contributed by atoms with E-state index in [4.69, 9.17) is 0 Å². The van der Waals surface area contributed by atoms with Gasteiger partial charge in [0.15, 0.2) is 0 Å². The van der Waals surface area contributed by atoms with Crippen LogP contribution in [0.4, 0.5) is 23.7 Å². The van der Waals surface area contributed by atoms with E-state index < -0.39 is 18.0 Å². The fourth-order valence-corrected chi connectivity index (χ4v) is 4.36. The van der Waals surface area contributed by atoms with Crippen LogP contribution in [0.2, 0.25) is 0 Å². The molecule has 5 rings (SSSR count). The molecule has 1 aromatic heterocycles. The SMILES string of the molecule is O=C(Nc1ccc(O)c(-c2cc(C3CCC3)n(C(=O)NCc3ccccc3)n2)c1)c1ccc(OC(F)(F)F)cc1. The summed E-state index contributed by atoms with van der Waals surface area (Å²) < 4.78 is 42.3. The van der Waals surface area contributed by atoms with E-state index in [0.717, 1.165) is 42.7 Å². The maximum absolute atomic E-state index is 13.1. The molecule has 8 nitrogen and oxygen atoms in total. The number of phenols is 1. The number of phenolic OH excluding ortho intramolecular Hbond substituents is 1. The molecule has 0 aliphatic heterocycles. The number of hydrogen-bond donors (Lipinski definition) is 3. The van der Waals surface area contributed by atoms with Crippen molar-refractivity contribution in [3.63, 3.8) is 0 Å². The van der Waals surface area contributed by atoms with Crippen molar-refractivity contribution in [2.75, 3.05) is 5.32 Å². The highest BCUT2D eigenvalue weighted by Gasteiger charge is 2.31. The van der Waals surface area contributed by atoms with Gasteiger partial charge in [0.25, 0.3) is 5.91 Å². The summed E-state index contributed by atoms with van der Waals surface area (Å²) in [4.78, 5) is 25.8. The monoisotopic (exact) mass is 550 g/mol. The van der Waals surface area contributed by atoms with E-state index in [1.165, 1.54) is 35.0 Å². The molecule has 40 heavy (non-hydrogen) atoms. The minimum Gasteiger partial charge on any atom is -0.507 e. The summed E-state index contributed by atoms with van der Waals surface area (Å²) >= 11 is 0. The Hall–Kier alpha value is -4.80. The van der Waals surface area contributed by atoms with E-state index in [2.05, 4.69) is 20.5 Å². The van der Waals surface area contributed by atoms with Crippen LogP contribution in [0.5, 0.6) is 11.5 Å². The van der Waals surface area contributed by atoms with E-state index in [0.29, 0.717) is 23.5 Å². The highest BCUT2D eigenvalue weighted by molar-refractivity contribution is 6.04. The molecular formula is C29H25F3N4O4. The number of rotatable bonds is 7. The minimum absolute atomic E-state index is 0.0962. The predicted octanol–water partition coefficient (Wildman–Crippen LogP) is 6.43. The van der Waals surface area contributed by atoms with Crippen molar-refractivity contribution in [3.8, 4) is 22.8 Å². The third-order valence-corrected chi connectivity index (χ3v) is 6.62. The van der Waals surface area contributed by atoms with Gasteiger partial charge in [-0.05, 0) is 66.9 Å². The molecule has 2 amide bonds. The van der Waals surface area contributed by atoms with Crippen LogP contribution < -0.4 is 15.4 Å². The zero-order valence-electron chi connectivity index (χ0n) is 21.1. The quantitative estimate of drug-likeness (QED) is 0.230. The third-order valence-electron chi connectivity index (χ3n) is 6.62. The van der Waals surface area contributed by atoms with Crippen LogP contribution in [0.15, 0.2) is 78.9 Å². The number of carbonyl (C=O) groups is 2. The molecule has 0 spiro atoms. The van der Waals surface area contributed by atoms with Crippen LogP contribution in [0, 0.1) is 0 Å². The average molecular weight is 551 g/mol. The molecule has 0 saturated heterocycles. The van der Waals surface area contributed by atoms with Gasteiger partial charge in [-0.2, -0.15) is 9.78 Å². The summed E-state index contributed by atoms with van der Waals surface area (Å²) in [6.45, 7) is 0.328. The Balaban J connectivity index is 1.35. The molecule has 3 aromatic carbocycles. The van der Waals surface area contributed by atoms with E-state index in [1.807, 2.05) is 30.3 Å². The van der Waals surface area contributed by atoms with Crippen LogP contribution in [0.1, 0.15) is 46.8 Å². The number of benzene rings is 3. The first-order valence-electron chi connectivity index (χ1n) is 12.6. The summed E-state index contributed by atoms with van der Waals surface area (Å²) in [5.41, 5.74) is 2.78. The summed E-state index contributed by atoms with van der Waals surface area (Å²) in [5, 5.41) is 20.6. The van der Waals surface area contributed by atoms with Crippen molar-refractivity contribution in [1.82, 2.24) is 15.1 Å². The zero-order valence-corrected chi connectivity index (χ0v) is 21.1. The van der Waals surface area contributed by atoms with Crippen LogP contribution in [-0.4, -0.2) is 33.2 Å². The summed E-state index contributed by atoms with van der Waals surface area (Å²) in [6, 6.07) is 19.8. The van der Waals surface area contributed by atoms with Gasteiger partial charge in [0.2, 0.25) is 0 Å². The number of alkyl halides is 3. The Morgan fingerprint density at radius 2 is 1.73 bits per heavy atom. The Bertz CT molecular complexity index is 1510. The molecule has 206 valence electrons. The largest absolute Gasteiger partial charge is 0.573 e. The molecule has 1 saturated carbocycles. The molecule has 0 bridgehead atoms. The number of halogens is 3. The Kier molecular flexibility index (Phi) is 7.45. The summed E-state index contributed by atoms with van der Waals surface area (Å²) in [7, 11) is 0. The number of anilines is 1. The van der Waals surface area contributed by atoms with Gasteiger partial charge in [0.05, 0.1) is 11.4 Å². The predicted molar refractivity (Wildman–Crippen MR) is 141 cm³/mol. The van der Waals surface area contributed by atoms with E-state index in [9.17, 15) is 27.9 Å². The maximum atomic E-state index is 13.1. The molecule has 11 heteroatoms. The highest BCUT2D eigenvalue weighted by Crippen LogP contribution is 2.39. The van der Waals surface area contributed by atoms with Crippen molar-refractivity contribution in [2.45, 2.75) is 38.1 Å². The topological polar surface area (TPSA) is 105 Å². The lowest BCUT2D eigenvalue weighted by atomic mass is 9.82. The highest BCUT2D eigenvalue weighted by atomic mass is 19.4. The fourth-order valence-electron chi connectivity index (χ4n) is 4.36. The van der Waals surface area contributed by atoms with Crippen molar-refractivity contribution >= 4 is 17.6 Å². The molecule has 0 unspecified atom stereocenters. The third kappa shape index (κ3) is 6.25. The lowest BCUT2D eigenvalue weighted by molar-refractivity contribution is -0.274. The molecular weight excluding hydrogens is 525 g/mol. The fraction of sp³-hybridized carbons (Fsp3) is 0.207. The van der Waals surface area contributed by atoms with Crippen LogP contribution in [0.25, 0.3) is 11.3 Å². The first-order chi connectivity index (χ1) is 19.2. The second-order valence-electron chi connectivity index (χ2n) is 9.40. The molecule has 4 aromatic rings. The van der Waals surface area contributed by atoms with Crippen molar-refractivity contribution < 1.29 is 32.6 Å². The van der Waals surface area contributed by atoms with Crippen molar-refractivity contribution in [3.05, 3.63) is 95.7 Å². The van der Waals surface area contributed by atoms with Gasteiger partial charge in [-0.25, -0.2) is 4.79 Å². The number of ether oxygens (including phenoxy) is 1. The second-order valence-corrected chi connectivity index (χ2v) is 9.40. The average Bonchev–Trinajstić information content (AvgIpc) is 3.32. The summed E-state index contributed by atoms with van der Waals surface area (Å²) in [6.07, 6.45) is -1.94. The Morgan fingerprint density at radius 3 is 2.38 bits per heavy atom. The van der Waals surface area contributed by atoms with E-state index in [1.54, 1.807) is 6.07 Å². The number of amides is 2. The van der Waals surface area contributed by atoms with Gasteiger partial charge in [0.1, 0.15) is 11.5 Å². The van der Waals surface area contributed by atoms with E-state index >= 15 is 0 Å². The normalized spacial score (nSPS) is 13.4. The van der Waals surface area contributed by atoms with Gasteiger partial charge < -0.3 is 20.5 Å². The first kappa shape index (κ1) is 26.8. The molecule has 1 heterocycles. The van der Waals surface area contributed by atoms with Crippen LogP contribution in [-0.2, 0) is 6.54 Å². The van der Waals surface area contributed by atoms with Gasteiger partial charge in [-0.3, -0.25) is 4.79 Å². The van der Waals surface area contributed by atoms with Gasteiger partial charge >= 0.3 is 12.4 Å². The van der Waals surface area contributed by atoms with Crippen molar-refractivity contribution in [1.29, 1.82) is 0 Å². The molecule has 1 aliphatic carbocycles. The van der Waals surface area contributed by atoms with E-state index in [-0.39, 0.29) is 23.3 Å². The number of aromatic hydroxyl groups is 1. The molecule has 1 aliphatic rings. The summed E-state index contributed by atoms with van der Waals surface area (Å²) in [5.74, 6) is -0.947. The van der Waals surface area contributed by atoms with Gasteiger partial charge in [-0.15, -0.1) is 13.2 Å². The van der Waals surface area contributed by atoms with Gasteiger partial charge in [-0.1, -0.05) is 36.8 Å². The lowest BCUT2D eigenvalue weighted by Gasteiger charge is -2.25. The number of aromatic nitrogens is 2. The standard InChI is InChI=1S/C29H25F3N4O4/c30-29(31,32)40-22-12-9-20(10-13-22)27(38)34-21-11-14-26(37)23(15-21)24-16-25(19-7-4-8-19)36(35-24)28(39)33-17-18-5-2-1-3-6-18/h1-3,5-6,9-16,19,37H,4,7-8,17H2,(H,33,39)(H,34,38). The first-order valence-corrected chi connectivity index (χ1v) is 12.6. The molecule has 0 radical (unpaired) electrons. The van der Waals surface area contributed by atoms with Crippen LogP contribution in [0.3, 0.4) is 0 Å². The Morgan fingerprint density at radius 1 is 1.00 bits per heavy atom. The second kappa shape index (κ2) is 11.1.